The second-order valence-electron chi connectivity index (χ2n) is 4.40. The molecule has 102 valence electrons. The van der Waals surface area contributed by atoms with Crippen molar-refractivity contribution in [3.63, 3.8) is 0 Å². The molecule has 1 aromatic heterocycles. The summed E-state index contributed by atoms with van der Waals surface area (Å²) in [6.07, 6.45) is 0.939. The molecule has 18 heavy (non-hydrogen) atoms. The SMILES string of the molecule is CCC(O)CCNC(=O)NCc1cc(C)oc1C. The number of aliphatic hydroxyl groups excluding tert-OH is 1. The van der Waals surface area contributed by atoms with Crippen LogP contribution < -0.4 is 10.6 Å². The highest BCUT2D eigenvalue weighted by Crippen LogP contribution is 2.12. The topological polar surface area (TPSA) is 74.5 Å². The van der Waals surface area contributed by atoms with E-state index in [1.54, 1.807) is 0 Å². The summed E-state index contributed by atoms with van der Waals surface area (Å²) in [6, 6.07) is 1.69. The van der Waals surface area contributed by atoms with E-state index in [1.807, 2.05) is 26.8 Å². The Morgan fingerprint density at radius 2 is 2.17 bits per heavy atom. The third kappa shape index (κ3) is 4.79. The van der Waals surface area contributed by atoms with Gasteiger partial charge in [0.1, 0.15) is 11.5 Å². The number of aryl methyl sites for hydroxylation is 2. The molecule has 0 bridgehead atoms. The van der Waals surface area contributed by atoms with Crippen molar-refractivity contribution < 1.29 is 14.3 Å². The maximum Gasteiger partial charge on any atom is 0.315 e. The number of hydrogen-bond acceptors (Lipinski definition) is 3. The molecular formula is C13H22N2O3. The van der Waals surface area contributed by atoms with Crippen molar-refractivity contribution in [1.82, 2.24) is 10.6 Å². The van der Waals surface area contributed by atoms with Crippen molar-refractivity contribution >= 4 is 6.03 Å². The zero-order valence-electron chi connectivity index (χ0n) is 11.2. The number of carbonyl (C=O) groups is 1. The first kappa shape index (κ1) is 14.6. The van der Waals surface area contributed by atoms with Gasteiger partial charge in [0.05, 0.1) is 6.10 Å². The zero-order chi connectivity index (χ0) is 13.5. The third-order valence-corrected chi connectivity index (χ3v) is 2.82. The van der Waals surface area contributed by atoms with Crippen LogP contribution in [0.25, 0.3) is 0 Å². The summed E-state index contributed by atoms with van der Waals surface area (Å²) in [4.78, 5) is 11.5. The summed E-state index contributed by atoms with van der Waals surface area (Å²) in [7, 11) is 0. The Hall–Kier alpha value is -1.49. The normalized spacial score (nSPS) is 12.2. The van der Waals surface area contributed by atoms with Gasteiger partial charge >= 0.3 is 6.03 Å². The third-order valence-electron chi connectivity index (χ3n) is 2.82. The second-order valence-corrected chi connectivity index (χ2v) is 4.40. The van der Waals surface area contributed by atoms with Gasteiger partial charge in [-0.3, -0.25) is 0 Å². The van der Waals surface area contributed by atoms with Crippen LogP contribution in [0.4, 0.5) is 4.79 Å². The lowest BCUT2D eigenvalue weighted by Gasteiger charge is -2.09. The number of carbonyl (C=O) groups excluding carboxylic acids is 1. The summed E-state index contributed by atoms with van der Waals surface area (Å²) < 4.78 is 5.37. The first-order valence-electron chi connectivity index (χ1n) is 6.28. The van der Waals surface area contributed by atoms with Gasteiger partial charge in [-0.2, -0.15) is 0 Å². The number of amides is 2. The van der Waals surface area contributed by atoms with Gasteiger partial charge in [0.2, 0.25) is 0 Å². The fraction of sp³-hybridized carbons (Fsp3) is 0.615. The highest BCUT2D eigenvalue weighted by Gasteiger charge is 2.07. The summed E-state index contributed by atoms with van der Waals surface area (Å²) in [5.41, 5.74) is 0.983. The Bertz CT molecular complexity index is 388. The molecule has 0 aliphatic carbocycles. The molecular weight excluding hydrogens is 232 g/mol. The monoisotopic (exact) mass is 254 g/mol. The van der Waals surface area contributed by atoms with Crippen LogP contribution in [0.5, 0.6) is 0 Å². The Morgan fingerprint density at radius 1 is 1.44 bits per heavy atom. The molecule has 1 aromatic rings. The molecule has 0 saturated heterocycles. The van der Waals surface area contributed by atoms with Crippen molar-refractivity contribution in [2.24, 2.45) is 0 Å². The van der Waals surface area contributed by atoms with Crippen LogP contribution >= 0.6 is 0 Å². The van der Waals surface area contributed by atoms with Gasteiger partial charge < -0.3 is 20.2 Å². The fourth-order valence-electron chi connectivity index (χ4n) is 1.65. The first-order valence-corrected chi connectivity index (χ1v) is 6.28. The van der Waals surface area contributed by atoms with E-state index in [2.05, 4.69) is 10.6 Å². The van der Waals surface area contributed by atoms with E-state index in [9.17, 15) is 9.90 Å². The standard InChI is InChI=1S/C13H22N2O3/c1-4-12(16)5-6-14-13(17)15-8-11-7-9(2)18-10(11)3/h7,12,16H,4-6,8H2,1-3H3,(H2,14,15,17). The summed E-state index contributed by atoms with van der Waals surface area (Å²) in [5.74, 6) is 1.67. The Morgan fingerprint density at radius 3 is 2.72 bits per heavy atom. The molecule has 0 fully saturated rings. The van der Waals surface area contributed by atoms with Gasteiger partial charge in [-0.05, 0) is 32.8 Å². The van der Waals surface area contributed by atoms with Crippen molar-refractivity contribution in [2.75, 3.05) is 6.54 Å². The smallest absolute Gasteiger partial charge is 0.315 e. The molecule has 1 heterocycles. The average Bonchev–Trinajstić information content (AvgIpc) is 2.65. The lowest BCUT2D eigenvalue weighted by molar-refractivity contribution is 0.160. The van der Waals surface area contributed by atoms with Gasteiger partial charge in [-0.1, -0.05) is 6.92 Å². The molecule has 1 unspecified atom stereocenters. The predicted octanol–water partition coefficient (Wildman–Crippen LogP) is 1.86. The van der Waals surface area contributed by atoms with Crippen LogP contribution in [0.3, 0.4) is 0 Å². The van der Waals surface area contributed by atoms with E-state index in [1.165, 1.54) is 0 Å². The van der Waals surface area contributed by atoms with Crippen LogP contribution in [0.2, 0.25) is 0 Å². The summed E-state index contributed by atoms with van der Waals surface area (Å²) in [6.45, 7) is 6.59. The van der Waals surface area contributed by atoms with Crippen LogP contribution in [-0.4, -0.2) is 23.8 Å². The quantitative estimate of drug-likeness (QED) is 0.725. The minimum absolute atomic E-state index is 0.225. The Kier molecular flexibility index (Phi) is 5.71. The maximum atomic E-state index is 11.5. The molecule has 5 nitrogen and oxygen atoms in total. The van der Waals surface area contributed by atoms with E-state index in [4.69, 9.17) is 4.42 Å². The Balaban J connectivity index is 2.23. The minimum atomic E-state index is -0.343. The van der Waals surface area contributed by atoms with Crippen molar-refractivity contribution in [3.05, 3.63) is 23.2 Å². The van der Waals surface area contributed by atoms with E-state index < -0.39 is 0 Å². The molecule has 1 rings (SSSR count). The molecule has 3 N–H and O–H groups in total. The van der Waals surface area contributed by atoms with E-state index in [0.717, 1.165) is 17.1 Å². The van der Waals surface area contributed by atoms with Gasteiger partial charge in [0.25, 0.3) is 0 Å². The van der Waals surface area contributed by atoms with Crippen molar-refractivity contribution in [2.45, 2.75) is 46.3 Å². The zero-order valence-corrected chi connectivity index (χ0v) is 11.2. The molecule has 1 atom stereocenters. The number of nitrogens with one attached hydrogen (secondary N) is 2. The van der Waals surface area contributed by atoms with Crippen LogP contribution in [-0.2, 0) is 6.54 Å². The number of rotatable bonds is 6. The molecule has 0 aromatic carbocycles. The lowest BCUT2D eigenvalue weighted by Crippen LogP contribution is -2.36. The maximum absolute atomic E-state index is 11.5. The van der Waals surface area contributed by atoms with Gasteiger partial charge in [-0.15, -0.1) is 0 Å². The highest BCUT2D eigenvalue weighted by molar-refractivity contribution is 5.73. The minimum Gasteiger partial charge on any atom is -0.466 e. The summed E-state index contributed by atoms with van der Waals surface area (Å²) >= 11 is 0. The molecule has 0 radical (unpaired) electrons. The first-order chi connectivity index (χ1) is 8.52. The predicted molar refractivity (Wildman–Crippen MR) is 69.3 cm³/mol. The van der Waals surface area contributed by atoms with Crippen LogP contribution in [0, 0.1) is 13.8 Å². The fourth-order valence-corrected chi connectivity index (χ4v) is 1.65. The molecule has 0 aliphatic rings. The number of aliphatic hydroxyl groups is 1. The lowest BCUT2D eigenvalue weighted by atomic mass is 10.2. The van der Waals surface area contributed by atoms with Crippen LogP contribution in [0.15, 0.2) is 10.5 Å². The van der Waals surface area contributed by atoms with Crippen molar-refractivity contribution in [3.8, 4) is 0 Å². The largest absolute Gasteiger partial charge is 0.466 e. The van der Waals surface area contributed by atoms with Gasteiger partial charge in [0, 0.05) is 18.7 Å². The number of furan rings is 1. The summed E-state index contributed by atoms with van der Waals surface area (Å²) in [5, 5.41) is 14.8. The van der Waals surface area contributed by atoms with Crippen molar-refractivity contribution in [1.29, 1.82) is 0 Å². The second kappa shape index (κ2) is 7.06. The van der Waals surface area contributed by atoms with Crippen LogP contribution in [0.1, 0.15) is 36.8 Å². The number of urea groups is 1. The highest BCUT2D eigenvalue weighted by atomic mass is 16.3. The molecule has 0 spiro atoms. The Labute approximate surface area is 108 Å². The number of hydrogen-bond donors (Lipinski definition) is 3. The molecule has 2 amide bonds. The van der Waals surface area contributed by atoms with Gasteiger partial charge in [-0.25, -0.2) is 4.79 Å². The molecule has 0 saturated carbocycles. The average molecular weight is 254 g/mol. The van der Waals surface area contributed by atoms with E-state index in [0.29, 0.717) is 25.9 Å². The van der Waals surface area contributed by atoms with E-state index >= 15 is 0 Å². The van der Waals surface area contributed by atoms with Gasteiger partial charge in [0.15, 0.2) is 0 Å². The van der Waals surface area contributed by atoms with E-state index in [-0.39, 0.29) is 12.1 Å². The molecule has 5 heteroatoms. The molecule has 0 aliphatic heterocycles.